The van der Waals surface area contributed by atoms with Crippen LogP contribution >= 0.6 is 0 Å². The van der Waals surface area contributed by atoms with Crippen LogP contribution in [0.5, 0.6) is 6.01 Å². The van der Waals surface area contributed by atoms with E-state index in [9.17, 15) is 18.8 Å². The zero-order chi connectivity index (χ0) is 14.0. The number of aliphatic carboxylic acids is 1. The lowest BCUT2D eigenvalue weighted by molar-refractivity contribution is -0.139. The Morgan fingerprint density at radius 3 is 2.84 bits per heavy atom. The third kappa shape index (κ3) is 2.76. The van der Waals surface area contributed by atoms with Crippen LogP contribution in [0.2, 0.25) is 0 Å². The lowest BCUT2D eigenvalue weighted by Crippen LogP contribution is -2.10. The minimum Gasteiger partial charge on any atom is -0.479 e. The molecule has 0 spiro atoms. The number of carbonyl (C=O) groups is 1. The van der Waals surface area contributed by atoms with Crippen LogP contribution in [0, 0.1) is 11.6 Å². The molecule has 0 fully saturated rings. The van der Waals surface area contributed by atoms with Gasteiger partial charge in [-0.3, -0.25) is 0 Å². The van der Waals surface area contributed by atoms with Crippen molar-refractivity contribution in [1.82, 2.24) is 14.9 Å². The van der Waals surface area contributed by atoms with Crippen molar-refractivity contribution in [2.75, 3.05) is 6.61 Å². The fraction of sp³-hybridized carbons (Fsp3) is 0.100. The number of halogens is 2. The Labute approximate surface area is 104 Å². The zero-order valence-electron chi connectivity index (χ0n) is 9.25. The number of carboxylic acids is 1. The van der Waals surface area contributed by atoms with Gasteiger partial charge in [-0.05, 0) is 18.2 Å². The van der Waals surface area contributed by atoms with E-state index in [1.165, 1.54) is 0 Å². The van der Waals surface area contributed by atoms with E-state index in [1.807, 2.05) is 0 Å². The van der Waals surface area contributed by atoms with Crippen LogP contribution in [0.1, 0.15) is 0 Å². The minimum atomic E-state index is -1.27. The summed E-state index contributed by atoms with van der Waals surface area (Å²) in [5, 5.41) is 21.1. The molecule has 0 atom stereocenters. The molecule has 1 heterocycles. The van der Waals surface area contributed by atoms with Gasteiger partial charge in [0.15, 0.2) is 6.61 Å². The lowest BCUT2D eigenvalue weighted by atomic mass is 10.2. The molecule has 1 aromatic carbocycles. The summed E-state index contributed by atoms with van der Waals surface area (Å²) in [6.45, 7) is -0.727. The highest BCUT2D eigenvalue weighted by Gasteiger charge is 2.17. The van der Waals surface area contributed by atoms with Crippen molar-refractivity contribution in [2.45, 2.75) is 0 Å². The van der Waals surface area contributed by atoms with Gasteiger partial charge < -0.3 is 15.1 Å². The van der Waals surface area contributed by atoms with Gasteiger partial charge in [0.05, 0.1) is 5.56 Å². The Morgan fingerprint density at radius 1 is 1.42 bits per heavy atom. The maximum absolute atomic E-state index is 13.5. The van der Waals surface area contributed by atoms with Crippen LogP contribution in [0.4, 0.5) is 8.78 Å². The lowest BCUT2D eigenvalue weighted by Gasteiger charge is -2.00. The second-order valence-electron chi connectivity index (χ2n) is 3.41. The smallest absolute Gasteiger partial charge is 0.341 e. The van der Waals surface area contributed by atoms with Gasteiger partial charge in [0, 0.05) is 0 Å². The van der Waals surface area contributed by atoms with Gasteiger partial charge in [-0.1, -0.05) is 9.94 Å². The largest absolute Gasteiger partial charge is 0.479 e. The highest BCUT2D eigenvalue weighted by molar-refractivity contribution is 5.68. The van der Waals surface area contributed by atoms with Gasteiger partial charge in [0.25, 0.3) is 0 Å². The summed E-state index contributed by atoms with van der Waals surface area (Å²) in [5.74, 6) is -3.23. The number of aromatic nitrogens is 3. The van der Waals surface area contributed by atoms with Crippen molar-refractivity contribution < 1.29 is 28.6 Å². The molecule has 0 aliphatic heterocycles. The molecule has 1 aromatic heterocycles. The van der Waals surface area contributed by atoms with Crippen LogP contribution in [0.15, 0.2) is 18.2 Å². The van der Waals surface area contributed by atoms with Crippen molar-refractivity contribution in [3.63, 3.8) is 0 Å². The van der Waals surface area contributed by atoms with E-state index in [0.717, 1.165) is 18.2 Å². The van der Waals surface area contributed by atoms with E-state index in [-0.39, 0.29) is 10.4 Å². The van der Waals surface area contributed by atoms with Gasteiger partial charge in [-0.15, -0.1) is 0 Å². The Balaban J connectivity index is 2.34. The van der Waals surface area contributed by atoms with Crippen LogP contribution in [-0.2, 0) is 4.79 Å². The molecule has 2 rings (SSSR count). The maximum atomic E-state index is 13.5. The molecule has 2 N–H and O–H groups in total. The monoisotopic (exact) mass is 271 g/mol. The first-order valence-electron chi connectivity index (χ1n) is 4.93. The number of hydrogen-bond acceptors (Lipinski definition) is 5. The number of nitrogens with zero attached hydrogens (tertiary/aromatic N) is 3. The van der Waals surface area contributed by atoms with E-state index >= 15 is 0 Å². The molecule has 0 saturated carbocycles. The highest BCUT2D eigenvalue weighted by atomic mass is 19.1. The average molecular weight is 271 g/mol. The van der Waals surface area contributed by atoms with Crippen LogP contribution in [0.25, 0.3) is 11.4 Å². The quantitative estimate of drug-likeness (QED) is 0.802. The fourth-order valence-corrected chi connectivity index (χ4v) is 1.31. The maximum Gasteiger partial charge on any atom is 0.341 e. The first kappa shape index (κ1) is 12.7. The Kier molecular flexibility index (Phi) is 3.27. The van der Waals surface area contributed by atoms with Gasteiger partial charge in [-0.2, -0.15) is 4.98 Å². The summed E-state index contributed by atoms with van der Waals surface area (Å²) >= 11 is 0. The van der Waals surface area contributed by atoms with Crippen molar-refractivity contribution in [3.8, 4) is 17.4 Å². The number of carboxylic acid groups (broad SMARTS) is 1. The number of ether oxygens (including phenoxy) is 1. The molecule has 19 heavy (non-hydrogen) atoms. The van der Waals surface area contributed by atoms with Crippen LogP contribution in [0.3, 0.4) is 0 Å². The normalized spacial score (nSPS) is 10.4. The molecule has 0 saturated heterocycles. The summed E-state index contributed by atoms with van der Waals surface area (Å²) in [5.41, 5.74) is -0.333. The van der Waals surface area contributed by atoms with Gasteiger partial charge in [0.2, 0.25) is 5.82 Å². The van der Waals surface area contributed by atoms with Gasteiger partial charge in [0.1, 0.15) is 11.6 Å². The third-order valence-corrected chi connectivity index (χ3v) is 2.07. The standard InChI is InChI=1S/C10H7F2N3O4/c11-5-1-2-7(12)6(3-5)9-13-10(14-15(9)18)19-4-8(16)17/h1-3,18H,4H2,(H,16,17). The number of benzene rings is 1. The number of hydrogen-bond donors (Lipinski definition) is 2. The number of rotatable bonds is 4. The second kappa shape index (κ2) is 4.88. The van der Waals surface area contributed by atoms with E-state index in [4.69, 9.17) is 5.11 Å². The predicted octanol–water partition coefficient (Wildman–Crippen LogP) is 0.924. The van der Waals surface area contributed by atoms with E-state index in [2.05, 4.69) is 14.8 Å². The van der Waals surface area contributed by atoms with E-state index < -0.39 is 36.0 Å². The molecule has 0 aliphatic carbocycles. The third-order valence-electron chi connectivity index (χ3n) is 2.07. The van der Waals surface area contributed by atoms with Crippen LogP contribution < -0.4 is 4.74 Å². The van der Waals surface area contributed by atoms with Crippen LogP contribution in [-0.4, -0.2) is 37.8 Å². The summed E-state index contributed by atoms with van der Waals surface area (Å²) in [6, 6.07) is 2.10. The minimum absolute atomic E-state index is 0.176. The molecule has 0 bridgehead atoms. The summed E-state index contributed by atoms with van der Waals surface area (Å²) < 4.78 is 31.1. The average Bonchev–Trinajstić information content (AvgIpc) is 2.71. The van der Waals surface area contributed by atoms with Gasteiger partial charge >= 0.3 is 12.0 Å². The Morgan fingerprint density at radius 2 is 2.16 bits per heavy atom. The first-order valence-corrected chi connectivity index (χ1v) is 4.93. The second-order valence-corrected chi connectivity index (χ2v) is 3.41. The molecule has 0 amide bonds. The van der Waals surface area contributed by atoms with Gasteiger partial charge in [-0.25, -0.2) is 13.6 Å². The molecular weight excluding hydrogens is 264 g/mol. The zero-order valence-corrected chi connectivity index (χ0v) is 9.25. The van der Waals surface area contributed by atoms with E-state index in [1.54, 1.807) is 0 Å². The highest BCUT2D eigenvalue weighted by Crippen LogP contribution is 2.23. The fourth-order valence-electron chi connectivity index (χ4n) is 1.31. The molecule has 0 unspecified atom stereocenters. The topological polar surface area (TPSA) is 97.5 Å². The summed E-state index contributed by atoms with van der Waals surface area (Å²) in [7, 11) is 0. The summed E-state index contributed by atoms with van der Waals surface area (Å²) in [4.78, 5) is 14.0. The first-order chi connectivity index (χ1) is 8.97. The van der Waals surface area contributed by atoms with Crippen molar-refractivity contribution >= 4 is 5.97 Å². The van der Waals surface area contributed by atoms with Crippen molar-refractivity contribution in [2.24, 2.45) is 0 Å². The van der Waals surface area contributed by atoms with Crippen molar-refractivity contribution in [3.05, 3.63) is 29.8 Å². The molecule has 7 nitrogen and oxygen atoms in total. The molecule has 9 heteroatoms. The molecule has 0 radical (unpaired) electrons. The molecule has 100 valence electrons. The Hall–Kier alpha value is -2.71. The summed E-state index contributed by atoms with van der Waals surface area (Å²) in [6.07, 6.45) is 0. The Bertz CT molecular complexity index is 629. The van der Waals surface area contributed by atoms with E-state index in [0.29, 0.717) is 0 Å². The van der Waals surface area contributed by atoms with Crippen molar-refractivity contribution in [1.29, 1.82) is 0 Å². The molecule has 0 aliphatic rings. The molecular formula is C10H7F2N3O4. The predicted molar refractivity (Wildman–Crippen MR) is 55.7 cm³/mol. The SMILES string of the molecule is O=C(O)COc1nc(-c2cc(F)ccc2F)n(O)n1. The molecule has 2 aromatic rings.